The molecule has 0 saturated carbocycles. The summed E-state index contributed by atoms with van der Waals surface area (Å²) in [5.41, 5.74) is 2.17. The fourth-order valence-corrected chi connectivity index (χ4v) is 3.68. The molecular weight excluding hydrogens is 350 g/mol. The summed E-state index contributed by atoms with van der Waals surface area (Å²) in [6.07, 6.45) is 1.50. The fourth-order valence-electron chi connectivity index (χ4n) is 3.68. The topological polar surface area (TPSA) is 38.8 Å². The molecule has 1 fully saturated rings. The molecule has 4 rings (SSSR count). The predicted octanol–water partition coefficient (Wildman–Crippen LogP) is 5.33. The summed E-state index contributed by atoms with van der Waals surface area (Å²) in [5.74, 6) is 0.934. The number of aryl methyl sites for hydroxylation is 1. The van der Waals surface area contributed by atoms with E-state index in [1.807, 2.05) is 30.3 Å². The third-order valence-electron chi connectivity index (χ3n) is 5.35. The quantitative estimate of drug-likeness (QED) is 0.619. The Bertz CT molecular complexity index is 946. The first-order valence-electron chi connectivity index (χ1n) is 9.81. The highest BCUT2D eigenvalue weighted by Gasteiger charge is 2.25. The lowest BCUT2D eigenvalue weighted by Crippen LogP contribution is -2.42. The Hall–Kier alpha value is -3.01. The molecule has 0 spiro atoms. The number of nitrogens with zero attached hydrogens (tertiary/aromatic N) is 1. The first-order valence-corrected chi connectivity index (χ1v) is 9.81. The number of carbonyl (C=O) groups excluding carboxylic acids is 1. The molecule has 0 unspecified atom stereocenters. The largest absolute Gasteiger partial charge is 0.490 e. The number of fused-ring (bicyclic) bond motifs is 1. The Morgan fingerprint density at radius 2 is 1.68 bits per heavy atom. The van der Waals surface area contributed by atoms with E-state index >= 15 is 0 Å². The van der Waals surface area contributed by atoms with E-state index in [1.54, 1.807) is 4.90 Å². The lowest BCUT2D eigenvalue weighted by molar-refractivity contribution is 0.0637. The van der Waals surface area contributed by atoms with E-state index in [-0.39, 0.29) is 12.2 Å². The van der Waals surface area contributed by atoms with Crippen molar-refractivity contribution >= 4 is 16.9 Å². The third kappa shape index (κ3) is 4.11. The van der Waals surface area contributed by atoms with E-state index in [4.69, 9.17) is 9.47 Å². The maximum absolute atomic E-state index is 12.3. The maximum Gasteiger partial charge on any atom is 0.410 e. The molecule has 3 aromatic carbocycles. The van der Waals surface area contributed by atoms with Crippen molar-refractivity contribution in [3.05, 3.63) is 77.9 Å². The van der Waals surface area contributed by atoms with Crippen LogP contribution in [-0.4, -0.2) is 30.2 Å². The molecule has 1 aliphatic heterocycles. The van der Waals surface area contributed by atoms with Gasteiger partial charge in [0.05, 0.1) is 0 Å². The van der Waals surface area contributed by atoms with Crippen molar-refractivity contribution in [2.75, 3.05) is 13.1 Å². The van der Waals surface area contributed by atoms with Crippen LogP contribution in [0.3, 0.4) is 0 Å². The van der Waals surface area contributed by atoms with Gasteiger partial charge < -0.3 is 14.4 Å². The highest BCUT2D eigenvalue weighted by molar-refractivity contribution is 5.87. The van der Waals surface area contributed by atoms with Gasteiger partial charge >= 0.3 is 6.09 Å². The van der Waals surface area contributed by atoms with Gasteiger partial charge in [0.25, 0.3) is 0 Å². The van der Waals surface area contributed by atoms with Crippen molar-refractivity contribution in [1.29, 1.82) is 0 Å². The second kappa shape index (κ2) is 8.34. The lowest BCUT2D eigenvalue weighted by atomic mass is 10.0. The summed E-state index contributed by atoms with van der Waals surface area (Å²) in [5, 5.41) is 2.45. The highest BCUT2D eigenvalue weighted by Crippen LogP contribution is 2.29. The van der Waals surface area contributed by atoms with Gasteiger partial charge in [-0.05, 0) is 34.9 Å². The highest BCUT2D eigenvalue weighted by atomic mass is 16.6. The van der Waals surface area contributed by atoms with Gasteiger partial charge in [-0.1, -0.05) is 60.7 Å². The van der Waals surface area contributed by atoms with E-state index < -0.39 is 0 Å². The number of benzene rings is 3. The van der Waals surface area contributed by atoms with Gasteiger partial charge in [0.1, 0.15) is 18.5 Å². The molecule has 28 heavy (non-hydrogen) atoms. The van der Waals surface area contributed by atoms with Crippen molar-refractivity contribution < 1.29 is 14.3 Å². The molecule has 0 bridgehead atoms. The Labute approximate surface area is 165 Å². The van der Waals surface area contributed by atoms with Crippen molar-refractivity contribution in [2.45, 2.75) is 32.5 Å². The van der Waals surface area contributed by atoms with Crippen LogP contribution < -0.4 is 4.74 Å². The molecule has 4 nitrogen and oxygen atoms in total. The first-order chi connectivity index (χ1) is 13.7. The standard InChI is InChI=1S/C24H25NO3/c1-18-22-10-6-5-9-20(22)11-12-23(18)28-21-13-15-25(16-14-21)24(26)27-17-19-7-3-2-4-8-19/h2-12,21H,13-17H2,1H3. The van der Waals surface area contributed by atoms with Crippen LogP contribution in [0.2, 0.25) is 0 Å². The third-order valence-corrected chi connectivity index (χ3v) is 5.35. The zero-order valence-electron chi connectivity index (χ0n) is 16.1. The number of ether oxygens (including phenoxy) is 2. The number of hydrogen-bond acceptors (Lipinski definition) is 3. The number of hydrogen-bond donors (Lipinski definition) is 0. The molecule has 1 amide bonds. The molecule has 0 aliphatic carbocycles. The van der Waals surface area contributed by atoms with E-state index in [1.165, 1.54) is 16.3 Å². The Morgan fingerprint density at radius 1 is 0.964 bits per heavy atom. The zero-order valence-corrected chi connectivity index (χ0v) is 16.1. The molecule has 1 heterocycles. The van der Waals surface area contributed by atoms with Crippen LogP contribution in [0.15, 0.2) is 66.7 Å². The Kier molecular flexibility index (Phi) is 5.47. The number of amides is 1. The Morgan fingerprint density at radius 3 is 2.46 bits per heavy atom. The average Bonchev–Trinajstić information content (AvgIpc) is 2.75. The van der Waals surface area contributed by atoms with Gasteiger partial charge in [0, 0.05) is 25.9 Å². The second-order valence-corrected chi connectivity index (χ2v) is 7.25. The van der Waals surface area contributed by atoms with E-state index in [2.05, 4.69) is 43.3 Å². The van der Waals surface area contributed by atoms with Crippen LogP contribution in [0.5, 0.6) is 5.75 Å². The molecule has 144 valence electrons. The minimum Gasteiger partial charge on any atom is -0.490 e. The van der Waals surface area contributed by atoms with Gasteiger partial charge in [-0.3, -0.25) is 0 Å². The molecular formula is C24H25NO3. The monoisotopic (exact) mass is 375 g/mol. The molecule has 0 N–H and O–H groups in total. The average molecular weight is 375 g/mol. The molecule has 1 saturated heterocycles. The molecule has 4 heteroatoms. The summed E-state index contributed by atoms with van der Waals surface area (Å²) in [6.45, 7) is 3.73. The summed E-state index contributed by atoms with van der Waals surface area (Å²) < 4.78 is 11.7. The summed E-state index contributed by atoms with van der Waals surface area (Å²) >= 11 is 0. The van der Waals surface area contributed by atoms with Gasteiger partial charge in [-0.15, -0.1) is 0 Å². The zero-order chi connectivity index (χ0) is 19.3. The van der Waals surface area contributed by atoms with Gasteiger partial charge in [0.15, 0.2) is 0 Å². The fraction of sp³-hybridized carbons (Fsp3) is 0.292. The van der Waals surface area contributed by atoms with Crippen LogP contribution in [-0.2, 0) is 11.3 Å². The van der Waals surface area contributed by atoms with Gasteiger partial charge in [-0.25, -0.2) is 4.79 Å². The van der Waals surface area contributed by atoms with E-state index in [9.17, 15) is 4.79 Å². The van der Waals surface area contributed by atoms with Crippen LogP contribution in [0, 0.1) is 6.92 Å². The molecule has 1 aliphatic rings. The number of likely N-dealkylation sites (tertiary alicyclic amines) is 1. The van der Waals surface area contributed by atoms with Crippen molar-refractivity contribution in [3.8, 4) is 5.75 Å². The number of carbonyl (C=O) groups is 1. The van der Waals surface area contributed by atoms with Crippen molar-refractivity contribution in [1.82, 2.24) is 4.90 Å². The lowest BCUT2D eigenvalue weighted by Gasteiger charge is -2.32. The summed E-state index contributed by atoms with van der Waals surface area (Å²) in [4.78, 5) is 14.1. The summed E-state index contributed by atoms with van der Waals surface area (Å²) in [6, 6.07) is 22.3. The van der Waals surface area contributed by atoms with Crippen LogP contribution in [0.1, 0.15) is 24.0 Å². The van der Waals surface area contributed by atoms with Crippen LogP contribution >= 0.6 is 0 Å². The summed E-state index contributed by atoms with van der Waals surface area (Å²) in [7, 11) is 0. The van der Waals surface area contributed by atoms with E-state index in [0.717, 1.165) is 24.2 Å². The number of rotatable bonds is 4. The predicted molar refractivity (Wildman–Crippen MR) is 111 cm³/mol. The molecule has 3 aromatic rings. The second-order valence-electron chi connectivity index (χ2n) is 7.25. The van der Waals surface area contributed by atoms with Crippen molar-refractivity contribution in [2.24, 2.45) is 0 Å². The Balaban J connectivity index is 1.31. The van der Waals surface area contributed by atoms with Gasteiger partial charge in [-0.2, -0.15) is 0 Å². The van der Waals surface area contributed by atoms with Gasteiger partial charge in [0.2, 0.25) is 0 Å². The normalized spacial score (nSPS) is 14.8. The van der Waals surface area contributed by atoms with Crippen LogP contribution in [0.25, 0.3) is 10.8 Å². The van der Waals surface area contributed by atoms with E-state index in [0.29, 0.717) is 19.7 Å². The van der Waals surface area contributed by atoms with Crippen molar-refractivity contribution in [3.63, 3.8) is 0 Å². The minimum atomic E-state index is -0.246. The molecule has 0 atom stereocenters. The SMILES string of the molecule is Cc1c(OC2CCN(C(=O)OCc3ccccc3)CC2)ccc2ccccc12. The number of piperidine rings is 1. The smallest absolute Gasteiger partial charge is 0.410 e. The first kappa shape index (κ1) is 18.4. The van der Waals surface area contributed by atoms with Crippen LogP contribution in [0.4, 0.5) is 4.79 Å². The minimum absolute atomic E-state index is 0.123. The molecule has 0 radical (unpaired) electrons. The molecule has 0 aromatic heterocycles. The maximum atomic E-state index is 12.3.